The molecule has 1 aliphatic rings. The summed E-state index contributed by atoms with van der Waals surface area (Å²) in [5.41, 5.74) is 6.71. The van der Waals surface area contributed by atoms with E-state index in [4.69, 9.17) is 17.3 Å². The zero-order chi connectivity index (χ0) is 13.8. The van der Waals surface area contributed by atoms with E-state index >= 15 is 0 Å². The number of nitrogens with two attached hydrogens (primary N) is 1. The van der Waals surface area contributed by atoms with Crippen molar-refractivity contribution in [3.8, 4) is 0 Å². The van der Waals surface area contributed by atoms with Crippen LogP contribution in [0.3, 0.4) is 0 Å². The second kappa shape index (κ2) is 6.29. The molecule has 4 heteroatoms. The van der Waals surface area contributed by atoms with E-state index in [-0.39, 0.29) is 11.9 Å². The van der Waals surface area contributed by atoms with Crippen molar-refractivity contribution in [1.29, 1.82) is 0 Å². The van der Waals surface area contributed by atoms with Crippen molar-refractivity contribution >= 4 is 23.2 Å². The van der Waals surface area contributed by atoms with Crippen LogP contribution in [0.1, 0.15) is 49.4 Å². The van der Waals surface area contributed by atoms with Crippen molar-refractivity contribution in [1.82, 2.24) is 5.32 Å². The number of para-hydroxylation sites is 1. The van der Waals surface area contributed by atoms with E-state index in [0.717, 1.165) is 12.8 Å². The van der Waals surface area contributed by atoms with Crippen LogP contribution in [0.4, 0.5) is 5.69 Å². The Hall–Kier alpha value is -1.22. The predicted molar refractivity (Wildman–Crippen MR) is 79.4 cm³/mol. The first kappa shape index (κ1) is 14.2. The lowest BCUT2D eigenvalue weighted by atomic mass is 9.83. The number of amides is 1. The molecule has 104 valence electrons. The third kappa shape index (κ3) is 3.21. The first-order valence-electron chi connectivity index (χ1n) is 6.98. The molecule has 1 aromatic rings. The zero-order valence-corrected chi connectivity index (χ0v) is 12.0. The summed E-state index contributed by atoms with van der Waals surface area (Å²) in [4.78, 5) is 12.3. The minimum atomic E-state index is -0.106. The fourth-order valence-electron chi connectivity index (χ4n) is 2.87. The minimum Gasteiger partial charge on any atom is -0.397 e. The first-order valence-corrected chi connectivity index (χ1v) is 7.36. The molecule has 0 radical (unpaired) electrons. The molecule has 19 heavy (non-hydrogen) atoms. The van der Waals surface area contributed by atoms with Gasteiger partial charge in [-0.1, -0.05) is 43.9 Å². The van der Waals surface area contributed by atoms with Gasteiger partial charge in [-0.05, 0) is 30.9 Å². The largest absolute Gasteiger partial charge is 0.397 e. The molecule has 1 aromatic carbocycles. The molecule has 0 aromatic heterocycles. The number of carbonyl (C=O) groups excluding carboxylic acids is 1. The van der Waals surface area contributed by atoms with Gasteiger partial charge in [0.2, 0.25) is 0 Å². The van der Waals surface area contributed by atoms with Crippen LogP contribution in [0.2, 0.25) is 5.02 Å². The molecule has 0 aliphatic heterocycles. The predicted octanol–water partition coefficient (Wildman–Crippen LogP) is 3.62. The monoisotopic (exact) mass is 280 g/mol. The fraction of sp³-hybridized carbons (Fsp3) is 0.533. The Morgan fingerprint density at radius 3 is 2.89 bits per heavy atom. The molecule has 0 spiro atoms. The molecule has 2 rings (SSSR count). The highest BCUT2D eigenvalue weighted by molar-refractivity contribution is 6.33. The smallest absolute Gasteiger partial charge is 0.253 e. The second-order valence-electron chi connectivity index (χ2n) is 5.23. The van der Waals surface area contributed by atoms with Gasteiger partial charge >= 0.3 is 0 Å². The van der Waals surface area contributed by atoms with E-state index in [0.29, 0.717) is 22.2 Å². The van der Waals surface area contributed by atoms with Gasteiger partial charge < -0.3 is 11.1 Å². The molecule has 1 aliphatic carbocycles. The van der Waals surface area contributed by atoms with E-state index in [9.17, 15) is 4.79 Å². The van der Waals surface area contributed by atoms with Gasteiger partial charge in [0, 0.05) is 6.04 Å². The van der Waals surface area contributed by atoms with Crippen molar-refractivity contribution in [2.45, 2.75) is 45.1 Å². The van der Waals surface area contributed by atoms with Crippen LogP contribution < -0.4 is 11.1 Å². The number of halogens is 1. The number of anilines is 1. The summed E-state index contributed by atoms with van der Waals surface area (Å²) in [5.74, 6) is 0.475. The van der Waals surface area contributed by atoms with Gasteiger partial charge in [0.1, 0.15) is 0 Å². The van der Waals surface area contributed by atoms with Gasteiger partial charge in [0.15, 0.2) is 0 Å². The maximum Gasteiger partial charge on any atom is 0.253 e. The second-order valence-corrected chi connectivity index (χ2v) is 5.64. The van der Waals surface area contributed by atoms with Crippen LogP contribution in [0.5, 0.6) is 0 Å². The summed E-state index contributed by atoms with van der Waals surface area (Å²) >= 11 is 5.95. The Bertz CT molecular complexity index is 461. The Morgan fingerprint density at radius 1 is 1.42 bits per heavy atom. The number of carbonyl (C=O) groups is 1. The normalized spacial score (nSPS) is 23.1. The van der Waals surface area contributed by atoms with Gasteiger partial charge in [-0.15, -0.1) is 0 Å². The third-order valence-electron chi connectivity index (χ3n) is 4.05. The highest BCUT2D eigenvalue weighted by Crippen LogP contribution is 2.28. The van der Waals surface area contributed by atoms with E-state index in [1.54, 1.807) is 18.2 Å². The summed E-state index contributed by atoms with van der Waals surface area (Å²) in [6.07, 6.45) is 5.82. The van der Waals surface area contributed by atoms with Crippen molar-refractivity contribution in [3.05, 3.63) is 28.8 Å². The van der Waals surface area contributed by atoms with Crippen molar-refractivity contribution in [2.24, 2.45) is 5.92 Å². The summed E-state index contributed by atoms with van der Waals surface area (Å²) in [6.45, 7) is 2.18. The molecular formula is C15H21ClN2O. The number of hydrogen-bond acceptors (Lipinski definition) is 2. The number of hydrogen-bond donors (Lipinski definition) is 2. The van der Waals surface area contributed by atoms with E-state index in [1.807, 2.05) is 0 Å². The first-order chi connectivity index (χ1) is 9.13. The Balaban J connectivity index is 2.09. The average molecular weight is 281 g/mol. The molecule has 0 heterocycles. The quantitative estimate of drug-likeness (QED) is 0.831. The highest BCUT2D eigenvalue weighted by Gasteiger charge is 2.26. The third-order valence-corrected chi connectivity index (χ3v) is 4.38. The summed E-state index contributed by atoms with van der Waals surface area (Å²) in [5, 5.41) is 3.56. The zero-order valence-electron chi connectivity index (χ0n) is 11.3. The summed E-state index contributed by atoms with van der Waals surface area (Å²) in [6, 6.07) is 5.44. The van der Waals surface area contributed by atoms with Crippen molar-refractivity contribution < 1.29 is 4.79 Å². The number of rotatable bonds is 3. The fourth-order valence-corrected chi connectivity index (χ4v) is 3.04. The van der Waals surface area contributed by atoms with Crippen LogP contribution in [0.25, 0.3) is 0 Å². The van der Waals surface area contributed by atoms with E-state index in [2.05, 4.69) is 12.2 Å². The molecule has 2 atom stereocenters. The number of nitrogen functional groups attached to an aromatic ring is 1. The van der Waals surface area contributed by atoms with Gasteiger partial charge in [-0.25, -0.2) is 0 Å². The van der Waals surface area contributed by atoms with Crippen LogP contribution in [-0.2, 0) is 0 Å². The molecule has 1 saturated carbocycles. The van der Waals surface area contributed by atoms with Crippen LogP contribution in [0, 0.1) is 5.92 Å². The Kier molecular flexibility index (Phi) is 4.70. The van der Waals surface area contributed by atoms with Gasteiger partial charge in [0.25, 0.3) is 5.91 Å². The van der Waals surface area contributed by atoms with Crippen molar-refractivity contribution in [3.63, 3.8) is 0 Å². The summed E-state index contributed by atoms with van der Waals surface area (Å²) in [7, 11) is 0. The van der Waals surface area contributed by atoms with Crippen LogP contribution in [-0.4, -0.2) is 11.9 Å². The van der Waals surface area contributed by atoms with Gasteiger partial charge in [0.05, 0.1) is 16.3 Å². The topological polar surface area (TPSA) is 55.1 Å². The molecule has 0 bridgehead atoms. The van der Waals surface area contributed by atoms with Crippen LogP contribution >= 0.6 is 11.6 Å². The molecule has 2 unspecified atom stereocenters. The lowest BCUT2D eigenvalue weighted by molar-refractivity contribution is 0.0905. The number of benzene rings is 1. The van der Waals surface area contributed by atoms with Gasteiger partial charge in [-0.3, -0.25) is 4.79 Å². The molecule has 3 nitrogen and oxygen atoms in total. The molecule has 3 N–H and O–H groups in total. The summed E-state index contributed by atoms with van der Waals surface area (Å²) < 4.78 is 0. The molecule has 0 saturated heterocycles. The maximum absolute atomic E-state index is 12.3. The SMILES string of the molecule is CCC1CCCCC1NC(=O)c1cccc(Cl)c1N. The number of nitrogens with one attached hydrogen (secondary N) is 1. The Morgan fingerprint density at radius 2 is 2.16 bits per heavy atom. The highest BCUT2D eigenvalue weighted by atomic mass is 35.5. The van der Waals surface area contributed by atoms with Crippen molar-refractivity contribution in [2.75, 3.05) is 5.73 Å². The minimum absolute atomic E-state index is 0.106. The maximum atomic E-state index is 12.3. The lowest BCUT2D eigenvalue weighted by Gasteiger charge is -2.31. The lowest BCUT2D eigenvalue weighted by Crippen LogP contribution is -2.42. The van der Waals surface area contributed by atoms with Gasteiger partial charge in [-0.2, -0.15) is 0 Å². The molecule has 1 amide bonds. The average Bonchev–Trinajstić information content (AvgIpc) is 2.42. The van der Waals surface area contributed by atoms with E-state index in [1.165, 1.54) is 19.3 Å². The van der Waals surface area contributed by atoms with Crippen LogP contribution in [0.15, 0.2) is 18.2 Å². The molecular weight excluding hydrogens is 260 g/mol. The Labute approximate surface area is 119 Å². The standard InChI is InChI=1S/C15H21ClN2O/c1-2-10-6-3-4-9-13(10)18-15(19)11-7-5-8-12(16)14(11)17/h5,7-8,10,13H,2-4,6,9,17H2,1H3,(H,18,19). The molecule has 1 fully saturated rings. The van der Waals surface area contributed by atoms with E-state index < -0.39 is 0 Å².